The summed E-state index contributed by atoms with van der Waals surface area (Å²) in [6.07, 6.45) is 6.02. The molecule has 20 heavy (non-hydrogen) atoms. The summed E-state index contributed by atoms with van der Waals surface area (Å²) in [5.41, 5.74) is 0.405. The molecule has 0 fully saturated rings. The highest BCUT2D eigenvalue weighted by Gasteiger charge is 2.39. The van der Waals surface area contributed by atoms with Crippen LogP contribution in [0, 0.1) is 0 Å². The van der Waals surface area contributed by atoms with Gasteiger partial charge in [-0.05, 0) is 73.1 Å². The molecule has 1 aliphatic carbocycles. The Kier molecular flexibility index (Phi) is 6.95. The first-order valence-corrected chi connectivity index (χ1v) is 10.1. The molecule has 0 bridgehead atoms. The molecule has 1 amide bonds. The van der Waals surface area contributed by atoms with Gasteiger partial charge >= 0.3 is 0 Å². The summed E-state index contributed by atoms with van der Waals surface area (Å²) in [4.78, 5) is 12.2. The minimum absolute atomic E-state index is 0.227. The average Bonchev–Trinajstić information content (AvgIpc) is 2.37. The number of allylic oxidation sites excluding steroid dienone is 2. The van der Waals surface area contributed by atoms with E-state index in [1.807, 2.05) is 6.92 Å². The third-order valence-corrected chi connectivity index (χ3v) is 8.26. The van der Waals surface area contributed by atoms with E-state index >= 15 is 0 Å². The first-order chi connectivity index (χ1) is 9.20. The fourth-order valence-corrected chi connectivity index (χ4v) is 4.51. The molecule has 0 unspecified atom stereocenters. The number of nitrogens with one attached hydrogen (secondary N) is 1. The van der Waals surface area contributed by atoms with Gasteiger partial charge in [0.05, 0.1) is 0 Å². The second-order valence-corrected chi connectivity index (χ2v) is 14.8. The van der Waals surface area contributed by atoms with Crippen LogP contribution in [0.5, 0.6) is 0 Å². The second-order valence-electron chi connectivity index (χ2n) is 4.37. The topological polar surface area (TPSA) is 63.2 Å². The van der Waals surface area contributed by atoms with Crippen molar-refractivity contribution in [3.8, 4) is 0 Å². The van der Waals surface area contributed by atoms with Gasteiger partial charge in [0, 0.05) is 17.0 Å². The van der Waals surface area contributed by atoms with Gasteiger partial charge in [0.25, 0.3) is 5.91 Å². The molecule has 0 radical (unpaired) electrons. The monoisotopic (exact) mass is 491 g/mol. The molecule has 8 heteroatoms. The van der Waals surface area contributed by atoms with E-state index in [4.69, 9.17) is 0 Å². The van der Waals surface area contributed by atoms with Crippen LogP contribution >= 0.6 is 47.8 Å². The van der Waals surface area contributed by atoms with Crippen molar-refractivity contribution in [2.45, 2.75) is 34.1 Å². The molecule has 0 aromatic rings. The normalized spacial score (nSPS) is 16.4. The lowest BCUT2D eigenvalue weighted by molar-refractivity contribution is -0.117. The van der Waals surface area contributed by atoms with Crippen molar-refractivity contribution in [3.63, 3.8) is 0 Å². The molecule has 1 aliphatic rings. The predicted molar refractivity (Wildman–Crippen MR) is 91.7 cm³/mol. The van der Waals surface area contributed by atoms with Crippen molar-refractivity contribution in [1.82, 2.24) is 5.32 Å². The Morgan fingerprint density at radius 1 is 1.40 bits per heavy atom. The lowest BCUT2D eigenvalue weighted by atomic mass is 10.1. The number of hydrogen-bond acceptors (Lipinski definition) is 3. The fraction of sp³-hybridized carbons (Fsp3) is 0.583. The highest BCUT2D eigenvalue weighted by Crippen LogP contribution is 2.44. The molecule has 0 aromatic carbocycles. The number of rotatable bonds is 5. The Labute approximate surface area is 144 Å². The van der Waals surface area contributed by atoms with Crippen molar-refractivity contribution in [2.75, 3.05) is 6.54 Å². The van der Waals surface area contributed by atoms with Gasteiger partial charge in [0.2, 0.25) is 11.3 Å². The van der Waals surface area contributed by atoms with Gasteiger partial charge in [0.15, 0.2) is 0 Å². The van der Waals surface area contributed by atoms with Gasteiger partial charge in [0.1, 0.15) is 0 Å². The zero-order valence-corrected chi connectivity index (χ0v) is 16.5. The van der Waals surface area contributed by atoms with Crippen molar-refractivity contribution in [3.05, 3.63) is 22.6 Å². The van der Waals surface area contributed by atoms with Gasteiger partial charge < -0.3 is 5.32 Å². The number of hydrogen-bond donors (Lipinski definition) is 1. The smallest absolute Gasteiger partial charge is 0.250 e. The minimum Gasteiger partial charge on any atom is -0.352 e. The zero-order valence-electron chi connectivity index (χ0n) is 11.0. The molecule has 0 spiro atoms. The largest absolute Gasteiger partial charge is 0.352 e. The average molecular weight is 494 g/mol. The molecule has 1 rings (SSSR count). The molecular formula is C12H16Br3NO3S. The van der Waals surface area contributed by atoms with Crippen LogP contribution in [-0.4, -0.2) is 22.3 Å². The molecule has 0 saturated heterocycles. The summed E-state index contributed by atoms with van der Waals surface area (Å²) in [5, 5.41) is 2.78. The third kappa shape index (κ3) is 4.68. The molecule has 0 heterocycles. The highest BCUT2D eigenvalue weighted by molar-refractivity contribution is 9.42. The number of unbranched alkanes of at least 4 members (excludes halogenated alkanes) is 1. The molecule has 1 N–H and O–H groups in total. The van der Waals surface area contributed by atoms with E-state index in [1.165, 1.54) is 6.08 Å². The van der Waals surface area contributed by atoms with E-state index < -0.39 is 11.3 Å². The number of carbonyl (C=O) groups is 1. The maximum Gasteiger partial charge on any atom is 0.250 e. The fourth-order valence-electron chi connectivity index (χ4n) is 1.67. The summed E-state index contributed by atoms with van der Waals surface area (Å²) in [6, 6.07) is 0. The lowest BCUT2D eigenvalue weighted by Crippen LogP contribution is -2.27. The van der Waals surface area contributed by atoms with E-state index in [9.17, 15) is 13.2 Å². The Morgan fingerprint density at radius 2 is 2.05 bits per heavy atom. The number of halogens is 3. The third-order valence-electron chi connectivity index (χ3n) is 2.80. The predicted octanol–water partition coefficient (Wildman–Crippen LogP) is 3.72. The van der Waals surface area contributed by atoms with Gasteiger partial charge in [-0.1, -0.05) is 19.4 Å². The van der Waals surface area contributed by atoms with Crippen molar-refractivity contribution in [1.29, 1.82) is 0 Å². The van der Waals surface area contributed by atoms with Crippen molar-refractivity contribution >= 4 is 63.5 Å². The van der Waals surface area contributed by atoms with E-state index in [1.54, 1.807) is 6.08 Å². The van der Waals surface area contributed by atoms with Gasteiger partial charge in [-0.25, -0.2) is 8.42 Å². The SMILES string of the molecule is CCCCNC(=O)C1=CCCC(S(=O)(=O)C(Br)(Br)Br)=C1. The van der Waals surface area contributed by atoms with Gasteiger partial charge in [-0.2, -0.15) is 0 Å². The maximum absolute atomic E-state index is 12.3. The standard InChI is InChI=1S/C12H16Br3NO3S/c1-2-3-7-16-11(17)9-5-4-6-10(8-9)20(18,19)12(13,14)15/h5,8H,2-4,6-7H2,1H3,(H,16,17). The van der Waals surface area contributed by atoms with Crippen LogP contribution in [0.15, 0.2) is 22.6 Å². The summed E-state index contributed by atoms with van der Waals surface area (Å²) < 4.78 is 23.1. The van der Waals surface area contributed by atoms with Crippen LogP contribution < -0.4 is 5.32 Å². The van der Waals surface area contributed by atoms with E-state index in [2.05, 4.69) is 53.1 Å². The first kappa shape index (κ1) is 18.4. The summed E-state index contributed by atoms with van der Waals surface area (Å²) in [7, 11) is -3.60. The van der Waals surface area contributed by atoms with Crippen LogP contribution in [-0.2, 0) is 14.6 Å². The minimum atomic E-state index is -3.60. The number of amides is 1. The molecule has 0 aromatic heterocycles. The van der Waals surface area contributed by atoms with E-state index in [0.29, 0.717) is 25.0 Å². The Balaban J connectivity index is 2.88. The summed E-state index contributed by atoms with van der Waals surface area (Å²) in [5.74, 6) is -0.227. The summed E-state index contributed by atoms with van der Waals surface area (Å²) >= 11 is 9.09. The van der Waals surface area contributed by atoms with Crippen LogP contribution in [0.1, 0.15) is 32.6 Å². The second kappa shape index (κ2) is 7.56. The zero-order chi connectivity index (χ0) is 15.4. The first-order valence-electron chi connectivity index (χ1n) is 6.20. The molecule has 0 saturated carbocycles. The summed E-state index contributed by atoms with van der Waals surface area (Å²) in [6.45, 7) is 2.64. The van der Waals surface area contributed by atoms with Crippen molar-refractivity contribution < 1.29 is 13.2 Å². The number of carbonyl (C=O) groups excluding carboxylic acids is 1. The number of alkyl halides is 3. The van der Waals surface area contributed by atoms with Crippen LogP contribution in [0.3, 0.4) is 0 Å². The van der Waals surface area contributed by atoms with Crippen molar-refractivity contribution in [2.24, 2.45) is 0 Å². The molecule has 0 atom stereocenters. The quantitative estimate of drug-likeness (QED) is 0.469. The van der Waals surface area contributed by atoms with Crippen LogP contribution in [0.4, 0.5) is 0 Å². The molecule has 114 valence electrons. The maximum atomic E-state index is 12.3. The lowest BCUT2D eigenvalue weighted by Gasteiger charge is -2.19. The van der Waals surface area contributed by atoms with Crippen LogP contribution in [0.2, 0.25) is 0 Å². The number of sulfone groups is 1. The van der Waals surface area contributed by atoms with E-state index in [-0.39, 0.29) is 10.8 Å². The molecular weight excluding hydrogens is 478 g/mol. The highest BCUT2D eigenvalue weighted by atomic mass is 80.0. The Bertz CT molecular complexity index is 533. The Hall–Kier alpha value is 0.340. The Morgan fingerprint density at radius 3 is 2.60 bits per heavy atom. The van der Waals surface area contributed by atoms with Crippen LogP contribution in [0.25, 0.3) is 0 Å². The van der Waals surface area contributed by atoms with Gasteiger partial charge in [-0.15, -0.1) is 0 Å². The molecule has 0 aliphatic heterocycles. The van der Waals surface area contributed by atoms with Gasteiger partial charge in [-0.3, -0.25) is 4.79 Å². The molecule has 4 nitrogen and oxygen atoms in total. The van der Waals surface area contributed by atoms with E-state index in [0.717, 1.165) is 12.8 Å².